The summed E-state index contributed by atoms with van der Waals surface area (Å²) in [4.78, 5) is 29.6. The van der Waals surface area contributed by atoms with E-state index in [9.17, 15) is 14.0 Å². The molecule has 1 saturated heterocycles. The lowest BCUT2D eigenvalue weighted by atomic mass is 9.90. The first-order valence-electron chi connectivity index (χ1n) is 8.68. The van der Waals surface area contributed by atoms with Crippen LogP contribution in [0.15, 0.2) is 36.4 Å². The number of piperidine rings is 1. The van der Waals surface area contributed by atoms with E-state index in [4.69, 9.17) is 5.11 Å². The van der Waals surface area contributed by atoms with Crippen LogP contribution in [-0.2, 0) is 6.42 Å². The topological polar surface area (TPSA) is 70.5 Å². The van der Waals surface area contributed by atoms with Gasteiger partial charge in [0.1, 0.15) is 11.5 Å². The average Bonchev–Trinajstić information content (AvgIpc) is 2.63. The van der Waals surface area contributed by atoms with Crippen LogP contribution in [0.5, 0.6) is 0 Å². The molecule has 0 atom stereocenters. The number of halogens is 1. The van der Waals surface area contributed by atoms with Crippen LogP contribution in [0, 0.1) is 18.7 Å². The first kappa shape index (κ1) is 18.0. The number of hydrogen-bond acceptors (Lipinski definition) is 3. The van der Waals surface area contributed by atoms with Gasteiger partial charge in [0.15, 0.2) is 0 Å². The number of pyridine rings is 1. The molecule has 136 valence electrons. The number of nitrogens with zero attached hydrogens (tertiary/aromatic N) is 2. The molecule has 1 N–H and O–H groups in total. The van der Waals surface area contributed by atoms with Crippen LogP contribution in [0.4, 0.5) is 4.39 Å². The van der Waals surface area contributed by atoms with Gasteiger partial charge in [0, 0.05) is 13.1 Å². The van der Waals surface area contributed by atoms with Crippen LogP contribution in [0.1, 0.15) is 44.9 Å². The minimum atomic E-state index is -1.05. The molecule has 0 unspecified atom stereocenters. The van der Waals surface area contributed by atoms with Crippen molar-refractivity contribution in [3.63, 3.8) is 0 Å². The number of aryl methyl sites for hydroxylation is 1. The third kappa shape index (κ3) is 4.07. The third-order valence-corrected chi connectivity index (χ3v) is 4.87. The minimum Gasteiger partial charge on any atom is -0.478 e. The van der Waals surface area contributed by atoms with E-state index in [1.54, 1.807) is 11.8 Å². The molecule has 1 aliphatic rings. The van der Waals surface area contributed by atoms with Crippen molar-refractivity contribution < 1.29 is 19.1 Å². The molecule has 0 aliphatic carbocycles. The van der Waals surface area contributed by atoms with Gasteiger partial charge in [-0.2, -0.15) is 0 Å². The highest BCUT2D eigenvalue weighted by atomic mass is 19.1. The van der Waals surface area contributed by atoms with Gasteiger partial charge in [-0.3, -0.25) is 4.79 Å². The third-order valence-electron chi connectivity index (χ3n) is 4.87. The van der Waals surface area contributed by atoms with Crippen molar-refractivity contribution in [3.8, 4) is 0 Å². The Bertz CT molecular complexity index is 812. The predicted octanol–water partition coefficient (Wildman–Crippen LogP) is 3.32. The number of hydrogen-bond donors (Lipinski definition) is 1. The van der Waals surface area contributed by atoms with Crippen molar-refractivity contribution >= 4 is 11.9 Å². The van der Waals surface area contributed by atoms with Crippen molar-refractivity contribution in [2.24, 2.45) is 5.92 Å². The molecular weight excluding hydrogens is 335 g/mol. The fourth-order valence-corrected chi connectivity index (χ4v) is 3.36. The quantitative estimate of drug-likeness (QED) is 0.912. The SMILES string of the molecule is Cc1nc(C(=O)N2CCC(Cc3ccc(F)cc3)CC2)ccc1C(=O)O. The zero-order valence-electron chi connectivity index (χ0n) is 14.6. The number of carboxylic acid groups (broad SMARTS) is 1. The number of carboxylic acids is 1. The number of carbonyl (C=O) groups excluding carboxylic acids is 1. The number of carbonyl (C=O) groups is 2. The average molecular weight is 356 g/mol. The smallest absolute Gasteiger partial charge is 0.337 e. The number of aromatic nitrogens is 1. The largest absolute Gasteiger partial charge is 0.478 e. The predicted molar refractivity (Wildman–Crippen MR) is 94.7 cm³/mol. The molecule has 2 aromatic rings. The Kier molecular flexibility index (Phi) is 5.30. The second kappa shape index (κ2) is 7.64. The first-order valence-corrected chi connectivity index (χ1v) is 8.68. The van der Waals surface area contributed by atoms with E-state index in [1.807, 2.05) is 12.1 Å². The van der Waals surface area contributed by atoms with Crippen molar-refractivity contribution in [2.75, 3.05) is 13.1 Å². The zero-order valence-corrected chi connectivity index (χ0v) is 14.6. The van der Waals surface area contributed by atoms with E-state index >= 15 is 0 Å². The highest BCUT2D eigenvalue weighted by Gasteiger charge is 2.25. The molecule has 1 fully saturated rings. The lowest BCUT2D eigenvalue weighted by Gasteiger charge is -2.32. The number of amides is 1. The van der Waals surface area contributed by atoms with Gasteiger partial charge < -0.3 is 10.0 Å². The molecule has 0 saturated carbocycles. The molecule has 0 bridgehead atoms. The number of benzene rings is 1. The Hall–Kier alpha value is -2.76. The standard InChI is InChI=1S/C20H21FN2O3/c1-13-17(20(25)26)6-7-18(22-13)19(24)23-10-8-15(9-11-23)12-14-2-4-16(21)5-3-14/h2-7,15H,8-12H2,1H3,(H,25,26). The Morgan fingerprint density at radius 1 is 1.15 bits per heavy atom. The molecule has 1 amide bonds. The zero-order chi connectivity index (χ0) is 18.7. The summed E-state index contributed by atoms with van der Waals surface area (Å²) in [6.45, 7) is 2.88. The van der Waals surface area contributed by atoms with E-state index in [0.29, 0.717) is 24.7 Å². The van der Waals surface area contributed by atoms with Gasteiger partial charge in [-0.1, -0.05) is 12.1 Å². The molecule has 1 aromatic carbocycles. The lowest BCUT2D eigenvalue weighted by molar-refractivity contribution is 0.0673. The lowest BCUT2D eigenvalue weighted by Crippen LogP contribution is -2.39. The van der Waals surface area contributed by atoms with Gasteiger partial charge in [-0.25, -0.2) is 14.2 Å². The maximum Gasteiger partial charge on any atom is 0.337 e. The maximum absolute atomic E-state index is 13.0. The van der Waals surface area contributed by atoms with E-state index in [2.05, 4.69) is 4.98 Å². The summed E-state index contributed by atoms with van der Waals surface area (Å²) in [6, 6.07) is 9.47. The number of rotatable bonds is 4. The van der Waals surface area contributed by atoms with E-state index in [1.165, 1.54) is 24.3 Å². The van der Waals surface area contributed by atoms with Crippen LogP contribution in [-0.4, -0.2) is 40.0 Å². The van der Waals surface area contributed by atoms with Gasteiger partial charge in [-0.15, -0.1) is 0 Å². The molecule has 26 heavy (non-hydrogen) atoms. The van der Waals surface area contributed by atoms with Crippen LogP contribution in [0.25, 0.3) is 0 Å². The molecule has 5 nitrogen and oxygen atoms in total. The molecule has 1 aliphatic heterocycles. The van der Waals surface area contributed by atoms with Gasteiger partial charge in [-0.05, 0) is 61.9 Å². The summed E-state index contributed by atoms with van der Waals surface area (Å²) >= 11 is 0. The highest BCUT2D eigenvalue weighted by molar-refractivity contribution is 5.94. The Balaban J connectivity index is 1.59. The van der Waals surface area contributed by atoms with Gasteiger partial charge in [0.2, 0.25) is 0 Å². The number of aromatic carboxylic acids is 1. The molecule has 0 radical (unpaired) electrons. The van der Waals surface area contributed by atoms with Crippen LogP contribution in [0.2, 0.25) is 0 Å². The Labute approximate surface area is 151 Å². The van der Waals surface area contributed by atoms with E-state index < -0.39 is 5.97 Å². The fourth-order valence-electron chi connectivity index (χ4n) is 3.36. The summed E-state index contributed by atoms with van der Waals surface area (Å²) in [6.07, 6.45) is 2.65. The number of likely N-dealkylation sites (tertiary alicyclic amines) is 1. The molecular formula is C20H21FN2O3. The second-order valence-corrected chi connectivity index (χ2v) is 6.70. The van der Waals surface area contributed by atoms with E-state index in [0.717, 1.165) is 24.8 Å². The summed E-state index contributed by atoms with van der Waals surface area (Å²) < 4.78 is 13.0. The van der Waals surface area contributed by atoms with Gasteiger partial charge >= 0.3 is 5.97 Å². The second-order valence-electron chi connectivity index (χ2n) is 6.70. The van der Waals surface area contributed by atoms with Crippen molar-refractivity contribution in [3.05, 3.63) is 64.7 Å². The highest BCUT2D eigenvalue weighted by Crippen LogP contribution is 2.23. The molecule has 6 heteroatoms. The first-order chi connectivity index (χ1) is 12.4. The molecule has 0 spiro atoms. The summed E-state index contributed by atoms with van der Waals surface area (Å²) in [5.41, 5.74) is 1.84. The van der Waals surface area contributed by atoms with Crippen LogP contribution < -0.4 is 0 Å². The summed E-state index contributed by atoms with van der Waals surface area (Å²) in [5.74, 6) is -0.972. The Morgan fingerprint density at radius 2 is 1.81 bits per heavy atom. The van der Waals surface area contributed by atoms with Crippen LogP contribution >= 0.6 is 0 Å². The molecule has 3 rings (SSSR count). The fraction of sp³-hybridized carbons (Fsp3) is 0.350. The van der Waals surface area contributed by atoms with E-state index in [-0.39, 0.29) is 23.0 Å². The molecule has 2 heterocycles. The monoisotopic (exact) mass is 356 g/mol. The Morgan fingerprint density at radius 3 is 2.38 bits per heavy atom. The summed E-state index contributed by atoms with van der Waals surface area (Å²) in [7, 11) is 0. The van der Waals surface area contributed by atoms with Crippen molar-refractivity contribution in [1.29, 1.82) is 0 Å². The summed E-state index contributed by atoms with van der Waals surface area (Å²) in [5, 5.41) is 9.05. The van der Waals surface area contributed by atoms with Crippen molar-refractivity contribution in [1.82, 2.24) is 9.88 Å². The molecule has 1 aromatic heterocycles. The van der Waals surface area contributed by atoms with Crippen LogP contribution in [0.3, 0.4) is 0 Å². The van der Waals surface area contributed by atoms with Crippen molar-refractivity contribution in [2.45, 2.75) is 26.2 Å². The van der Waals surface area contributed by atoms with Gasteiger partial charge in [0.05, 0.1) is 11.3 Å². The van der Waals surface area contributed by atoms with Gasteiger partial charge in [0.25, 0.3) is 5.91 Å². The normalized spacial score (nSPS) is 15.1. The minimum absolute atomic E-state index is 0.111. The maximum atomic E-state index is 13.0.